The van der Waals surface area contributed by atoms with Crippen molar-refractivity contribution in [1.29, 1.82) is 0 Å². The van der Waals surface area contributed by atoms with Crippen LogP contribution in [0.1, 0.15) is 51.0 Å². The Morgan fingerprint density at radius 3 is 2.86 bits per heavy atom. The summed E-state index contributed by atoms with van der Waals surface area (Å²) in [4.78, 5) is 31.7. The van der Waals surface area contributed by atoms with Gasteiger partial charge in [0.05, 0.1) is 18.4 Å². The number of hydrogen-bond donors (Lipinski definition) is 0. The van der Waals surface area contributed by atoms with Gasteiger partial charge in [0, 0.05) is 24.6 Å². The zero-order valence-corrected chi connectivity index (χ0v) is 21.6. The molecule has 0 spiro atoms. The number of hydrogen-bond acceptors (Lipinski definition) is 6. The highest BCUT2D eigenvalue weighted by atomic mass is 32.1. The van der Waals surface area contributed by atoms with E-state index in [1.807, 2.05) is 24.0 Å². The summed E-state index contributed by atoms with van der Waals surface area (Å²) in [5.74, 6) is 0.664. The van der Waals surface area contributed by atoms with Gasteiger partial charge in [-0.25, -0.2) is 0 Å². The van der Waals surface area contributed by atoms with Gasteiger partial charge in [0.15, 0.2) is 5.76 Å². The second-order valence-electron chi connectivity index (χ2n) is 9.53. The Labute approximate surface area is 215 Å². The van der Waals surface area contributed by atoms with Crippen LogP contribution in [-0.2, 0) is 16.0 Å². The van der Waals surface area contributed by atoms with E-state index in [4.69, 9.17) is 13.9 Å². The normalized spacial score (nSPS) is 19.2. The van der Waals surface area contributed by atoms with Crippen LogP contribution in [0.25, 0.3) is 0 Å². The molecular weight excluding hydrogens is 476 g/mol. The number of benzene rings is 1. The summed E-state index contributed by atoms with van der Waals surface area (Å²) in [5, 5.41) is 2.08. The zero-order valence-electron chi connectivity index (χ0n) is 20.8. The molecule has 36 heavy (non-hydrogen) atoms. The van der Waals surface area contributed by atoms with Crippen molar-refractivity contribution in [2.45, 2.75) is 45.3 Å². The summed E-state index contributed by atoms with van der Waals surface area (Å²) < 4.78 is 17.4. The smallest absolute Gasteiger partial charge is 0.290 e. The fourth-order valence-corrected chi connectivity index (χ4v) is 6.00. The van der Waals surface area contributed by atoms with E-state index in [0.717, 1.165) is 36.1 Å². The summed E-state index contributed by atoms with van der Waals surface area (Å²) in [5.41, 5.74) is 3.38. The molecule has 2 unspecified atom stereocenters. The summed E-state index contributed by atoms with van der Waals surface area (Å²) in [6.45, 7) is 6.07. The van der Waals surface area contributed by atoms with E-state index in [0.29, 0.717) is 26.3 Å². The predicted molar refractivity (Wildman–Crippen MR) is 137 cm³/mol. The second kappa shape index (κ2) is 10.9. The van der Waals surface area contributed by atoms with E-state index in [1.165, 1.54) is 16.7 Å². The lowest BCUT2D eigenvalue weighted by Crippen LogP contribution is -2.49. The van der Waals surface area contributed by atoms with Gasteiger partial charge in [0.1, 0.15) is 18.9 Å². The van der Waals surface area contributed by atoms with Crippen LogP contribution >= 0.6 is 11.3 Å². The van der Waals surface area contributed by atoms with E-state index in [2.05, 4.69) is 24.4 Å². The van der Waals surface area contributed by atoms with Crippen molar-refractivity contribution in [3.05, 3.63) is 75.4 Å². The first kappa shape index (κ1) is 24.6. The average molecular weight is 509 g/mol. The Kier molecular flexibility index (Phi) is 7.43. The van der Waals surface area contributed by atoms with E-state index in [1.54, 1.807) is 28.4 Å². The average Bonchev–Trinajstić information content (AvgIpc) is 3.65. The van der Waals surface area contributed by atoms with Crippen molar-refractivity contribution in [2.24, 2.45) is 0 Å². The molecule has 2 amide bonds. The van der Waals surface area contributed by atoms with Crippen molar-refractivity contribution in [3.8, 4) is 5.75 Å². The number of fused-ring (bicyclic) bond motifs is 1. The molecule has 0 aliphatic carbocycles. The molecule has 1 saturated heterocycles. The van der Waals surface area contributed by atoms with Crippen LogP contribution in [0.2, 0.25) is 0 Å². The highest BCUT2D eigenvalue weighted by Gasteiger charge is 2.35. The molecular formula is C28H32N2O5S. The van der Waals surface area contributed by atoms with Gasteiger partial charge < -0.3 is 23.7 Å². The van der Waals surface area contributed by atoms with Gasteiger partial charge in [-0.3, -0.25) is 9.59 Å². The number of carbonyl (C=O) groups is 2. The highest BCUT2D eigenvalue weighted by Crippen LogP contribution is 2.34. The minimum atomic E-state index is -0.292. The number of thiophene rings is 1. The fourth-order valence-electron chi connectivity index (χ4n) is 5.07. The summed E-state index contributed by atoms with van der Waals surface area (Å²) in [7, 11) is 0. The lowest BCUT2D eigenvalue weighted by atomic mass is 10.00. The van der Waals surface area contributed by atoms with Gasteiger partial charge >= 0.3 is 0 Å². The molecule has 0 saturated carbocycles. The van der Waals surface area contributed by atoms with Gasteiger partial charge in [-0.15, -0.1) is 11.3 Å². The van der Waals surface area contributed by atoms with Crippen molar-refractivity contribution in [2.75, 3.05) is 32.8 Å². The molecule has 2 aliphatic heterocycles. The van der Waals surface area contributed by atoms with Crippen LogP contribution in [0.4, 0.5) is 0 Å². The number of aryl methyl sites for hydroxylation is 2. The maximum atomic E-state index is 13.7. The largest absolute Gasteiger partial charge is 0.491 e. The molecule has 0 bridgehead atoms. The van der Waals surface area contributed by atoms with Crippen molar-refractivity contribution in [3.63, 3.8) is 0 Å². The molecule has 4 heterocycles. The molecule has 2 aromatic heterocycles. The Morgan fingerprint density at radius 2 is 2.11 bits per heavy atom. The maximum absolute atomic E-state index is 13.7. The first-order valence-electron chi connectivity index (χ1n) is 12.5. The molecule has 3 aromatic rings. The van der Waals surface area contributed by atoms with Gasteiger partial charge in [-0.2, -0.15) is 0 Å². The topological polar surface area (TPSA) is 72.2 Å². The van der Waals surface area contributed by atoms with Crippen LogP contribution in [0.15, 0.2) is 52.5 Å². The van der Waals surface area contributed by atoms with Crippen molar-refractivity contribution in [1.82, 2.24) is 9.80 Å². The van der Waals surface area contributed by atoms with Crippen molar-refractivity contribution < 1.29 is 23.5 Å². The molecule has 1 aromatic carbocycles. The van der Waals surface area contributed by atoms with Crippen LogP contribution < -0.4 is 4.74 Å². The Bertz CT molecular complexity index is 1200. The molecule has 2 aliphatic rings. The number of rotatable bonds is 8. The van der Waals surface area contributed by atoms with Crippen LogP contribution in [0.3, 0.4) is 0 Å². The molecule has 0 N–H and O–H groups in total. The van der Waals surface area contributed by atoms with Gasteiger partial charge in [-0.05, 0) is 73.9 Å². The van der Waals surface area contributed by atoms with Crippen LogP contribution in [-0.4, -0.2) is 60.6 Å². The molecule has 8 heteroatoms. The van der Waals surface area contributed by atoms with E-state index < -0.39 is 0 Å². The van der Waals surface area contributed by atoms with Crippen LogP contribution in [0, 0.1) is 13.8 Å². The first-order chi connectivity index (χ1) is 17.5. The minimum Gasteiger partial charge on any atom is -0.491 e. The molecule has 2 atom stereocenters. The predicted octanol–water partition coefficient (Wildman–Crippen LogP) is 4.78. The standard InChI is InChI=1S/C28H32N2O5S/c1-19-7-8-24(20(2)15-19)35-18-23-22-10-14-36-26(22)9-11-30(23)27(31)17-29(16-21-5-3-12-33-21)28(32)25-6-4-13-34-25/h4,6-8,10,13-15,21,23H,3,5,9,11-12,16-18H2,1-2H3. The lowest BCUT2D eigenvalue weighted by Gasteiger charge is -2.37. The summed E-state index contributed by atoms with van der Waals surface area (Å²) in [6, 6.07) is 11.3. The highest BCUT2D eigenvalue weighted by molar-refractivity contribution is 7.10. The number of nitrogens with zero attached hydrogens (tertiary/aromatic N) is 2. The van der Waals surface area contributed by atoms with Crippen molar-refractivity contribution >= 4 is 23.2 Å². The Morgan fingerprint density at radius 1 is 1.22 bits per heavy atom. The first-order valence-corrected chi connectivity index (χ1v) is 13.4. The van der Waals surface area contributed by atoms with E-state index in [-0.39, 0.29) is 36.3 Å². The number of furan rings is 1. The maximum Gasteiger partial charge on any atom is 0.290 e. The molecule has 0 radical (unpaired) electrons. The van der Waals surface area contributed by atoms with Gasteiger partial charge in [0.2, 0.25) is 5.91 Å². The van der Waals surface area contributed by atoms with Crippen LogP contribution in [0.5, 0.6) is 5.75 Å². The SMILES string of the molecule is Cc1ccc(OCC2c3ccsc3CCN2C(=O)CN(CC2CCCO2)C(=O)c2ccco2)c(C)c1. The zero-order chi connectivity index (χ0) is 25.1. The second-order valence-corrected chi connectivity index (χ2v) is 10.5. The monoisotopic (exact) mass is 508 g/mol. The minimum absolute atomic E-state index is 0.0288. The lowest BCUT2D eigenvalue weighted by molar-refractivity contribution is -0.135. The van der Waals surface area contributed by atoms with E-state index in [9.17, 15) is 9.59 Å². The molecule has 5 rings (SSSR count). The van der Waals surface area contributed by atoms with E-state index >= 15 is 0 Å². The van der Waals surface area contributed by atoms with Gasteiger partial charge in [-0.1, -0.05) is 17.7 Å². The quantitative estimate of drug-likeness (QED) is 0.438. The number of amides is 2. The molecule has 1 fully saturated rings. The summed E-state index contributed by atoms with van der Waals surface area (Å²) in [6.07, 6.45) is 4.06. The Hall–Kier alpha value is -3.10. The third-order valence-electron chi connectivity index (χ3n) is 6.94. The number of carbonyl (C=O) groups excluding carboxylic acids is 2. The Balaban J connectivity index is 1.34. The number of ether oxygens (including phenoxy) is 2. The van der Waals surface area contributed by atoms with Gasteiger partial charge in [0.25, 0.3) is 5.91 Å². The molecule has 190 valence electrons. The fraction of sp³-hybridized carbons (Fsp3) is 0.429. The third-order valence-corrected chi connectivity index (χ3v) is 7.93. The summed E-state index contributed by atoms with van der Waals surface area (Å²) >= 11 is 1.72. The molecule has 7 nitrogen and oxygen atoms in total. The third kappa shape index (κ3) is 5.34.